The molecule has 2 rings (SSSR count). The molecule has 2 unspecified atom stereocenters. The van der Waals surface area contributed by atoms with Crippen LogP contribution in [0.3, 0.4) is 0 Å². The molecular weight excluding hydrogens is 190 g/mol. The minimum Gasteiger partial charge on any atom is -0.313 e. The van der Waals surface area contributed by atoms with Gasteiger partial charge < -0.3 is 5.32 Å². The van der Waals surface area contributed by atoms with Crippen LogP contribution in [-0.4, -0.2) is 12.6 Å². The molecule has 0 saturated heterocycles. The van der Waals surface area contributed by atoms with Crippen molar-refractivity contribution < 1.29 is 0 Å². The van der Waals surface area contributed by atoms with Crippen LogP contribution in [0, 0.1) is 0 Å². The largest absolute Gasteiger partial charge is 0.313 e. The van der Waals surface area contributed by atoms with Crippen molar-refractivity contribution in [1.82, 2.24) is 5.32 Å². The van der Waals surface area contributed by atoms with Crippen molar-refractivity contribution in [2.24, 2.45) is 0 Å². The molecule has 1 fully saturated rings. The van der Waals surface area contributed by atoms with Crippen molar-refractivity contribution >= 4 is 11.3 Å². The molecule has 1 N–H and O–H groups in total. The normalized spacial score (nSPS) is 26.9. The average Bonchev–Trinajstić information content (AvgIpc) is 2.84. The van der Waals surface area contributed by atoms with Crippen LogP contribution in [-0.2, 0) is 0 Å². The summed E-state index contributed by atoms with van der Waals surface area (Å²) in [5, 5.41) is 5.88. The van der Waals surface area contributed by atoms with Gasteiger partial charge in [0.15, 0.2) is 0 Å². The third kappa shape index (κ3) is 2.18. The highest BCUT2D eigenvalue weighted by Crippen LogP contribution is 2.36. The molecule has 1 aliphatic rings. The first-order valence-corrected chi connectivity index (χ1v) is 6.56. The molecule has 1 aromatic heterocycles. The van der Waals surface area contributed by atoms with E-state index >= 15 is 0 Å². The van der Waals surface area contributed by atoms with Crippen LogP contribution in [0.25, 0.3) is 0 Å². The molecule has 0 spiro atoms. The van der Waals surface area contributed by atoms with Crippen molar-refractivity contribution in [1.29, 1.82) is 0 Å². The van der Waals surface area contributed by atoms with Crippen LogP contribution >= 0.6 is 11.3 Å². The standard InChI is InChI=1S/C12H19NS/c1-2-8-13-11-6-3-5-10(11)12-7-4-9-14-12/h4,7,9-11,13H,2-3,5-6,8H2,1H3. The molecule has 0 bridgehead atoms. The van der Waals surface area contributed by atoms with Gasteiger partial charge in [-0.15, -0.1) is 11.3 Å². The topological polar surface area (TPSA) is 12.0 Å². The van der Waals surface area contributed by atoms with Crippen LogP contribution in [0.5, 0.6) is 0 Å². The molecule has 0 aliphatic heterocycles. The van der Waals surface area contributed by atoms with E-state index in [0.29, 0.717) is 0 Å². The molecule has 0 aromatic carbocycles. The van der Waals surface area contributed by atoms with Gasteiger partial charge in [0.05, 0.1) is 0 Å². The van der Waals surface area contributed by atoms with Crippen LogP contribution < -0.4 is 5.32 Å². The first-order chi connectivity index (χ1) is 6.92. The molecule has 0 amide bonds. The predicted molar refractivity (Wildman–Crippen MR) is 63.0 cm³/mol. The molecule has 1 aromatic rings. The summed E-state index contributed by atoms with van der Waals surface area (Å²) in [4.78, 5) is 1.58. The molecule has 1 aliphatic carbocycles. The number of rotatable bonds is 4. The van der Waals surface area contributed by atoms with Crippen LogP contribution in [0.4, 0.5) is 0 Å². The van der Waals surface area contributed by atoms with E-state index in [1.807, 2.05) is 11.3 Å². The summed E-state index contributed by atoms with van der Waals surface area (Å²) in [6.07, 6.45) is 5.38. The summed E-state index contributed by atoms with van der Waals surface area (Å²) in [6.45, 7) is 3.41. The van der Waals surface area contributed by atoms with E-state index in [9.17, 15) is 0 Å². The second-order valence-electron chi connectivity index (χ2n) is 4.11. The van der Waals surface area contributed by atoms with Gasteiger partial charge in [-0.1, -0.05) is 19.4 Å². The quantitative estimate of drug-likeness (QED) is 0.801. The van der Waals surface area contributed by atoms with Gasteiger partial charge in [-0.2, -0.15) is 0 Å². The highest BCUT2D eigenvalue weighted by Gasteiger charge is 2.28. The van der Waals surface area contributed by atoms with E-state index in [1.54, 1.807) is 4.88 Å². The van der Waals surface area contributed by atoms with E-state index in [4.69, 9.17) is 0 Å². The lowest BCUT2D eigenvalue weighted by Crippen LogP contribution is -2.31. The van der Waals surface area contributed by atoms with Crippen molar-refractivity contribution in [2.45, 2.75) is 44.6 Å². The SMILES string of the molecule is CCCNC1CCCC1c1cccs1. The number of hydrogen-bond donors (Lipinski definition) is 1. The minimum absolute atomic E-state index is 0.744. The molecule has 1 heterocycles. The zero-order valence-electron chi connectivity index (χ0n) is 8.83. The van der Waals surface area contributed by atoms with Gasteiger partial charge in [-0.3, -0.25) is 0 Å². The molecular formula is C12H19NS. The monoisotopic (exact) mass is 209 g/mol. The molecule has 0 radical (unpaired) electrons. The Morgan fingerprint density at radius 1 is 1.50 bits per heavy atom. The third-order valence-electron chi connectivity index (χ3n) is 3.08. The Hall–Kier alpha value is -0.340. The Balaban J connectivity index is 1.97. The minimum atomic E-state index is 0.744. The van der Waals surface area contributed by atoms with Crippen molar-refractivity contribution in [3.05, 3.63) is 22.4 Å². The fourth-order valence-electron chi connectivity index (χ4n) is 2.38. The maximum absolute atomic E-state index is 3.68. The fourth-order valence-corrected chi connectivity index (χ4v) is 3.31. The van der Waals surface area contributed by atoms with E-state index in [2.05, 4.69) is 29.8 Å². The Morgan fingerprint density at radius 3 is 3.14 bits per heavy atom. The van der Waals surface area contributed by atoms with Crippen LogP contribution in [0.1, 0.15) is 43.4 Å². The number of hydrogen-bond acceptors (Lipinski definition) is 2. The van der Waals surface area contributed by atoms with Crippen LogP contribution in [0.15, 0.2) is 17.5 Å². The van der Waals surface area contributed by atoms with E-state index in [1.165, 1.54) is 32.2 Å². The maximum Gasteiger partial charge on any atom is 0.0144 e. The lowest BCUT2D eigenvalue weighted by Gasteiger charge is -2.19. The van der Waals surface area contributed by atoms with E-state index in [-0.39, 0.29) is 0 Å². The second-order valence-corrected chi connectivity index (χ2v) is 5.09. The van der Waals surface area contributed by atoms with Crippen molar-refractivity contribution in [2.75, 3.05) is 6.54 Å². The molecule has 14 heavy (non-hydrogen) atoms. The van der Waals surface area contributed by atoms with Gasteiger partial charge in [0.1, 0.15) is 0 Å². The summed E-state index contributed by atoms with van der Waals surface area (Å²) < 4.78 is 0. The van der Waals surface area contributed by atoms with Gasteiger partial charge in [0.2, 0.25) is 0 Å². The summed E-state index contributed by atoms with van der Waals surface area (Å²) in [7, 11) is 0. The predicted octanol–water partition coefficient (Wildman–Crippen LogP) is 3.38. The Morgan fingerprint density at radius 2 is 2.43 bits per heavy atom. The molecule has 2 heteroatoms. The average molecular weight is 209 g/mol. The zero-order valence-corrected chi connectivity index (χ0v) is 9.65. The molecule has 78 valence electrons. The first-order valence-electron chi connectivity index (χ1n) is 5.68. The highest BCUT2D eigenvalue weighted by molar-refractivity contribution is 7.10. The van der Waals surface area contributed by atoms with Gasteiger partial charge >= 0.3 is 0 Å². The summed E-state index contributed by atoms with van der Waals surface area (Å²) in [5.74, 6) is 0.793. The second kappa shape index (κ2) is 4.94. The van der Waals surface area contributed by atoms with Crippen LogP contribution in [0.2, 0.25) is 0 Å². The molecule has 1 nitrogen and oxygen atoms in total. The molecule has 1 saturated carbocycles. The molecule has 2 atom stereocenters. The van der Waals surface area contributed by atoms with Gasteiger partial charge in [-0.05, 0) is 37.3 Å². The lowest BCUT2D eigenvalue weighted by atomic mass is 10.0. The Bertz CT molecular complexity index is 255. The van der Waals surface area contributed by atoms with Gasteiger partial charge in [0.25, 0.3) is 0 Å². The highest BCUT2D eigenvalue weighted by atomic mass is 32.1. The fraction of sp³-hybridized carbons (Fsp3) is 0.667. The maximum atomic E-state index is 3.68. The Labute approximate surface area is 90.5 Å². The third-order valence-corrected chi connectivity index (χ3v) is 4.09. The summed E-state index contributed by atoms with van der Waals surface area (Å²) in [5.41, 5.74) is 0. The van der Waals surface area contributed by atoms with E-state index < -0.39 is 0 Å². The number of thiophene rings is 1. The Kier molecular flexibility index (Phi) is 3.60. The first kappa shape index (κ1) is 10.2. The summed E-state index contributed by atoms with van der Waals surface area (Å²) >= 11 is 1.92. The number of nitrogens with one attached hydrogen (secondary N) is 1. The zero-order chi connectivity index (χ0) is 9.80. The van der Waals surface area contributed by atoms with E-state index in [0.717, 1.165) is 12.0 Å². The van der Waals surface area contributed by atoms with Gasteiger partial charge in [0, 0.05) is 16.8 Å². The van der Waals surface area contributed by atoms with Crippen molar-refractivity contribution in [3.8, 4) is 0 Å². The summed E-state index contributed by atoms with van der Waals surface area (Å²) in [6, 6.07) is 5.21. The lowest BCUT2D eigenvalue weighted by molar-refractivity contribution is 0.483. The van der Waals surface area contributed by atoms with Crippen molar-refractivity contribution in [3.63, 3.8) is 0 Å². The smallest absolute Gasteiger partial charge is 0.0144 e. The van der Waals surface area contributed by atoms with Gasteiger partial charge in [-0.25, -0.2) is 0 Å².